The van der Waals surface area contributed by atoms with Crippen LogP contribution in [0.4, 0.5) is 0 Å². The molecule has 0 bridgehead atoms. The minimum Gasteiger partial charge on any atom is -0.508 e. The Morgan fingerprint density at radius 2 is 1.89 bits per heavy atom. The van der Waals surface area contributed by atoms with Gasteiger partial charge in [-0.1, -0.05) is 57.2 Å². The van der Waals surface area contributed by atoms with E-state index in [1.54, 1.807) is 6.07 Å². The zero-order chi connectivity index (χ0) is 20.3. The van der Waals surface area contributed by atoms with Gasteiger partial charge in [-0.25, -0.2) is 0 Å². The number of hydrogen-bond donors (Lipinski definition) is 2. The molecule has 2 unspecified atom stereocenters. The lowest BCUT2D eigenvalue weighted by molar-refractivity contribution is -0.122. The third-order valence-electron chi connectivity index (χ3n) is 5.86. The largest absolute Gasteiger partial charge is 0.508 e. The molecule has 4 nitrogen and oxygen atoms in total. The molecule has 1 amide bonds. The van der Waals surface area contributed by atoms with Crippen molar-refractivity contribution in [1.82, 2.24) is 10.2 Å². The first-order chi connectivity index (χ1) is 13.2. The topological polar surface area (TPSA) is 52.6 Å². The van der Waals surface area contributed by atoms with E-state index in [1.807, 2.05) is 30.3 Å². The molecule has 0 fully saturated rings. The summed E-state index contributed by atoms with van der Waals surface area (Å²) in [5, 5.41) is 12.9. The predicted octanol–water partition coefficient (Wildman–Crippen LogP) is 4.08. The minimum atomic E-state index is 0.0151. The molecule has 2 aromatic carbocycles. The Kier molecular flexibility index (Phi) is 6.09. The summed E-state index contributed by atoms with van der Waals surface area (Å²) in [5.74, 6) is 0.600. The number of nitrogens with one attached hydrogen (secondary N) is 1. The Morgan fingerprint density at radius 3 is 2.57 bits per heavy atom. The van der Waals surface area contributed by atoms with Crippen LogP contribution in [0.3, 0.4) is 0 Å². The Balaban J connectivity index is 1.61. The molecule has 1 aliphatic heterocycles. The molecule has 0 aromatic heterocycles. The summed E-state index contributed by atoms with van der Waals surface area (Å²) in [4.78, 5) is 15.0. The van der Waals surface area contributed by atoms with Crippen LogP contribution in [0.25, 0.3) is 0 Å². The van der Waals surface area contributed by atoms with Gasteiger partial charge in [-0.3, -0.25) is 9.69 Å². The number of amides is 1. The molecule has 2 aromatic rings. The quantitative estimate of drug-likeness (QED) is 0.822. The van der Waals surface area contributed by atoms with Gasteiger partial charge in [0.1, 0.15) is 5.75 Å². The van der Waals surface area contributed by atoms with E-state index in [4.69, 9.17) is 0 Å². The monoisotopic (exact) mass is 380 g/mol. The number of phenols is 1. The van der Waals surface area contributed by atoms with Crippen LogP contribution in [0.1, 0.15) is 49.8 Å². The lowest BCUT2D eigenvalue weighted by Gasteiger charge is -2.35. The molecule has 0 saturated carbocycles. The Hall–Kier alpha value is -2.33. The number of carbonyl (C=O) groups excluding carboxylic acids is 1. The fourth-order valence-electron chi connectivity index (χ4n) is 4.09. The summed E-state index contributed by atoms with van der Waals surface area (Å²) in [6.07, 6.45) is 1.38. The third kappa shape index (κ3) is 4.93. The van der Waals surface area contributed by atoms with E-state index in [2.05, 4.69) is 50.2 Å². The number of rotatable bonds is 5. The van der Waals surface area contributed by atoms with E-state index in [-0.39, 0.29) is 23.3 Å². The van der Waals surface area contributed by atoms with Crippen molar-refractivity contribution in [3.63, 3.8) is 0 Å². The lowest BCUT2D eigenvalue weighted by atomic mass is 9.74. The van der Waals surface area contributed by atoms with Gasteiger partial charge in [0.2, 0.25) is 5.91 Å². The number of fused-ring (bicyclic) bond motifs is 1. The molecule has 0 spiro atoms. The first kappa shape index (κ1) is 20.4. The average Bonchev–Trinajstić information content (AvgIpc) is 2.64. The maximum absolute atomic E-state index is 12.8. The average molecular weight is 381 g/mol. The van der Waals surface area contributed by atoms with E-state index in [0.29, 0.717) is 18.7 Å². The summed E-state index contributed by atoms with van der Waals surface area (Å²) in [6, 6.07) is 16.2. The number of nitrogens with zero attached hydrogens (tertiary/aromatic N) is 1. The molecule has 0 saturated heterocycles. The zero-order valence-electron chi connectivity index (χ0n) is 17.4. The fraction of sp³-hybridized carbons (Fsp3) is 0.458. The zero-order valence-corrected chi connectivity index (χ0v) is 17.4. The third-order valence-corrected chi connectivity index (χ3v) is 5.86. The number of carbonyl (C=O) groups is 1. The summed E-state index contributed by atoms with van der Waals surface area (Å²) in [5.41, 5.74) is 3.66. The summed E-state index contributed by atoms with van der Waals surface area (Å²) >= 11 is 0. The van der Waals surface area contributed by atoms with E-state index >= 15 is 0 Å². The molecule has 0 radical (unpaired) electrons. The van der Waals surface area contributed by atoms with Crippen LogP contribution < -0.4 is 5.32 Å². The van der Waals surface area contributed by atoms with E-state index in [1.165, 1.54) is 16.7 Å². The van der Waals surface area contributed by atoms with Crippen molar-refractivity contribution in [2.24, 2.45) is 5.41 Å². The van der Waals surface area contributed by atoms with Gasteiger partial charge in [-0.05, 0) is 53.6 Å². The Labute approximate surface area is 168 Å². The van der Waals surface area contributed by atoms with Crippen molar-refractivity contribution in [2.45, 2.75) is 52.1 Å². The van der Waals surface area contributed by atoms with Gasteiger partial charge in [0.25, 0.3) is 0 Å². The van der Waals surface area contributed by atoms with E-state index < -0.39 is 0 Å². The van der Waals surface area contributed by atoms with Crippen molar-refractivity contribution < 1.29 is 9.90 Å². The number of likely N-dealkylation sites (N-methyl/N-ethyl adjacent to an activating group) is 1. The van der Waals surface area contributed by atoms with Crippen LogP contribution in [0.2, 0.25) is 0 Å². The number of benzene rings is 2. The molecular formula is C24H32N2O2. The van der Waals surface area contributed by atoms with Gasteiger partial charge >= 0.3 is 0 Å². The first-order valence-electron chi connectivity index (χ1n) is 10.1. The lowest BCUT2D eigenvalue weighted by Crippen LogP contribution is -2.45. The van der Waals surface area contributed by atoms with Gasteiger partial charge in [-0.2, -0.15) is 0 Å². The van der Waals surface area contributed by atoms with Crippen LogP contribution in [-0.2, 0) is 17.8 Å². The van der Waals surface area contributed by atoms with Gasteiger partial charge in [0.05, 0.1) is 0 Å². The normalized spacial score (nSPS) is 18.4. The van der Waals surface area contributed by atoms with Crippen LogP contribution in [0.15, 0.2) is 48.5 Å². The molecule has 1 aliphatic rings. The van der Waals surface area contributed by atoms with Gasteiger partial charge < -0.3 is 10.4 Å². The number of hydrogen-bond acceptors (Lipinski definition) is 3. The second kappa shape index (κ2) is 8.36. The summed E-state index contributed by atoms with van der Waals surface area (Å²) in [6.45, 7) is 8.01. The van der Waals surface area contributed by atoms with Crippen molar-refractivity contribution in [3.05, 3.63) is 65.2 Å². The minimum absolute atomic E-state index is 0.0151. The highest BCUT2D eigenvalue weighted by Crippen LogP contribution is 2.37. The second-order valence-corrected chi connectivity index (χ2v) is 9.06. The van der Waals surface area contributed by atoms with Crippen molar-refractivity contribution >= 4 is 5.91 Å². The highest BCUT2D eigenvalue weighted by molar-refractivity contribution is 5.77. The molecule has 3 rings (SSSR count). The standard InChI is InChI=1S/C24H32N2O2/c1-24(2,3)22(17-8-6-5-7-9-17)14-23(28)25-15-20-12-18-10-11-21(27)13-19(18)16-26(20)4/h5-11,13,20,22,27H,12,14-16H2,1-4H3,(H,25,28). The molecule has 4 heteroatoms. The SMILES string of the molecule is CN1Cc2cc(O)ccc2CC1CNC(=O)CC(c1ccccc1)C(C)(C)C. The van der Waals surface area contributed by atoms with Crippen molar-refractivity contribution in [3.8, 4) is 5.75 Å². The molecule has 2 atom stereocenters. The van der Waals surface area contributed by atoms with Crippen LogP contribution in [-0.4, -0.2) is 35.5 Å². The maximum Gasteiger partial charge on any atom is 0.220 e. The van der Waals surface area contributed by atoms with E-state index in [0.717, 1.165) is 13.0 Å². The van der Waals surface area contributed by atoms with Gasteiger partial charge in [0, 0.05) is 25.6 Å². The van der Waals surface area contributed by atoms with Gasteiger partial charge in [0.15, 0.2) is 0 Å². The second-order valence-electron chi connectivity index (χ2n) is 9.06. The molecule has 1 heterocycles. The molecular weight excluding hydrogens is 348 g/mol. The molecule has 2 N–H and O–H groups in total. The fourth-order valence-corrected chi connectivity index (χ4v) is 4.09. The van der Waals surface area contributed by atoms with Crippen molar-refractivity contribution in [1.29, 1.82) is 0 Å². The number of aromatic hydroxyl groups is 1. The van der Waals surface area contributed by atoms with Crippen LogP contribution in [0, 0.1) is 5.41 Å². The Morgan fingerprint density at radius 1 is 1.18 bits per heavy atom. The van der Waals surface area contributed by atoms with Gasteiger partial charge in [-0.15, -0.1) is 0 Å². The van der Waals surface area contributed by atoms with Crippen LogP contribution in [0.5, 0.6) is 5.75 Å². The predicted molar refractivity (Wildman–Crippen MR) is 113 cm³/mol. The molecule has 150 valence electrons. The number of phenolic OH excluding ortho intramolecular Hbond substituents is 1. The van der Waals surface area contributed by atoms with Crippen LogP contribution >= 0.6 is 0 Å². The smallest absolute Gasteiger partial charge is 0.220 e. The first-order valence-corrected chi connectivity index (χ1v) is 10.1. The maximum atomic E-state index is 12.8. The summed E-state index contributed by atoms with van der Waals surface area (Å²) < 4.78 is 0. The Bertz CT molecular complexity index is 811. The summed E-state index contributed by atoms with van der Waals surface area (Å²) in [7, 11) is 2.08. The molecule has 0 aliphatic carbocycles. The molecule has 28 heavy (non-hydrogen) atoms. The van der Waals surface area contributed by atoms with Crippen molar-refractivity contribution in [2.75, 3.05) is 13.6 Å². The van der Waals surface area contributed by atoms with E-state index in [9.17, 15) is 9.90 Å². The highest BCUT2D eigenvalue weighted by atomic mass is 16.3. The highest BCUT2D eigenvalue weighted by Gasteiger charge is 2.29.